The van der Waals surface area contributed by atoms with Crippen molar-refractivity contribution in [1.82, 2.24) is 0 Å². The van der Waals surface area contributed by atoms with Crippen LogP contribution >= 0.6 is 11.6 Å². The van der Waals surface area contributed by atoms with E-state index in [0.29, 0.717) is 28.3 Å². The van der Waals surface area contributed by atoms with E-state index < -0.39 is 36.8 Å². The molecule has 35 heavy (non-hydrogen) atoms. The summed E-state index contributed by atoms with van der Waals surface area (Å²) in [7, 11) is 1.35. The van der Waals surface area contributed by atoms with E-state index in [1.54, 1.807) is 18.2 Å². The highest BCUT2D eigenvalue weighted by Crippen LogP contribution is 2.58. The predicted octanol–water partition coefficient (Wildman–Crippen LogP) is 3.64. The number of ether oxygens (including phenoxy) is 2. The van der Waals surface area contributed by atoms with Crippen LogP contribution in [-0.4, -0.2) is 58.6 Å². The fourth-order valence-electron chi connectivity index (χ4n) is 5.96. The maximum Gasteiger partial charge on any atom is 0.224 e. The number of aliphatic hydroxyl groups is 4. The molecule has 6 nitrogen and oxygen atoms in total. The van der Waals surface area contributed by atoms with Gasteiger partial charge >= 0.3 is 0 Å². The molecule has 7 heteroatoms. The van der Waals surface area contributed by atoms with E-state index in [2.05, 4.69) is 24.3 Å². The van der Waals surface area contributed by atoms with Crippen molar-refractivity contribution in [3.8, 4) is 0 Å². The fourth-order valence-corrected chi connectivity index (χ4v) is 6.15. The van der Waals surface area contributed by atoms with Crippen molar-refractivity contribution in [3.63, 3.8) is 0 Å². The molecular formula is C28H35ClO6. The van der Waals surface area contributed by atoms with Crippen LogP contribution in [0, 0.1) is 5.41 Å². The fraction of sp³-hybridized carbons (Fsp3) is 0.571. The van der Waals surface area contributed by atoms with E-state index in [9.17, 15) is 20.4 Å². The molecule has 0 radical (unpaired) electrons. The maximum absolute atomic E-state index is 10.8. The third kappa shape index (κ3) is 4.66. The summed E-state index contributed by atoms with van der Waals surface area (Å²) in [5, 5.41) is 41.5. The van der Waals surface area contributed by atoms with Gasteiger partial charge in [0.05, 0.1) is 6.61 Å². The summed E-state index contributed by atoms with van der Waals surface area (Å²) in [6.45, 7) is -0.537. The normalized spacial score (nSPS) is 32.6. The largest absolute Gasteiger partial charge is 0.394 e. The van der Waals surface area contributed by atoms with Gasteiger partial charge in [-0.15, -0.1) is 0 Å². The molecule has 5 atom stereocenters. The molecular weight excluding hydrogens is 468 g/mol. The van der Waals surface area contributed by atoms with E-state index in [-0.39, 0.29) is 0 Å². The summed E-state index contributed by atoms with van der Waals surface area (Å²) in [5.74, 6) is -1.11. The van der Waals surface area contributed by atoms with Gasteiger partial charge in [-0.25, -0.2) is 0 Å². The first-order valence-corrected chi connectivity index (χ1v) is 12.9. The first kappa shape index (κ1) is 25.2. The van der Waals surface area contributed by atoms with Crippen LogP contribution in [0.4, 0.5) is 0 Å². The van der Waals surface area contributed by atoms with Crippen LogP contribution in [0.15, 0.2) is 42.5 Å². The molecule has 2 saturated carbocycles. The second-order valence-electron chi connectivity index (χ2n) is 10.6. The van der Waals surface area contributed by atoms with Gasteiger partial charge in [0.15, 0.2) is 0 Å². The average molecular weight is 503 g/mol. The van der Waals surface area contributed by atoms with Gasteiger partial charge in [0, 0.05) is 17.7 Å². The average Bonchev–Trinajstić information content (AvgIpc) is 3.64. The Bertz CT molecular complexity index is 1030. The van der Waals surface area contributed by atoms with Crippen molar-refractivity contribution in [2.45, 2.75) is 81.1 Å². The number of hydrogen-bond acceptors (Lipinski definition) is 6. The van der Waals surface area contributed by atoms with Crippen molar-refractivity contribution >= 4 is 11.6 Å². The topological polar surface area (TPSA) is 99.4 Å². The smallest absolute Gasteiger partial charge is 0.224 e. The van der Waals surface area contributed by atoms with Crippen molar-refractivity contribution in [2.24, 2.45) is 5.41 Å². The molecule has 1 heterocycles. The van der Waals surface area contributed by atoms with Crippen LogP contribution in [0.3, 0.4) is 0 Å². The third-order valence-corrected chi connectivity index (χ3v) is 8.92. The molecule has 5 rings (SSSR count). The third-order valence-electron chi connectivity index (χ3n) is 8.55. The van der Waals surface area contributed by atoms with Crippen LogP contribution in [0.25, 0.3) is 0 Å². The highest BCUT2D eigenvalue weighted by molar-refractivity contribution is 6.31. The van der Waals surface area contributed by atoms with Gasteiger partial charge in [-0.2, -0.15) is 0 Å². The molecule has 2 aliphatic carbocycles. The molecule has 1 aliphatic heterocycles. The Labute approximate surface area is 211 Å². The highest BCUT2D eigenvalue weighted by atomic mass is 35.5. The summed E-state index contributed by atoms with van der Waals surface area (Å²) in [6.07, 6.45) is 3.03. The molecule has 4 N–H and O–H groups in total. The molecule has 1 saturated heterocycles. The van der Waals surface area contributed by atoms with Gasteiger partial charge in [0.1, 0.15) is 24.4 Å². The van der Waals surface area contributed by atoms with Crippen LogP contribution < -0.4 is 0 Å². The van der Waals surface area contributed by atoms with Gasteiger partial charge < -0.3 is 29.9 Å². The first-order valence-electron chi connectivity index (χ1n) is 12.6. The van der Waals surface area contributed by atoms with E-state index in [1.165, 1.54) is 51.2 Å². The standard InChI is InChI=1S/C28H35ClO6/c1-34-28(26(33)25(32)24(31)23(16-30)35-28)21-6-7-22(29)20(15-21)14-17-2-4-18(5-3-17)19-8-10-27(11-9-19)12-13-27/h2-7,15,19,23-26,30-33H,8-14,16H2,1H3. The number of aliphatic hydroxyl groups excluding tert-OH is 4. The lowest BCUT2D eigenvalue weighted by Gasteiger charge is -2.47. The zero-order chi connectivity index (χ0) is 24.8. The Morgan fingerprint density at radius 3 is 2.26 bits per heavy atom. The number of rotatable bonds is 6. The Kier molecular flexibility index (Phi) is 7.01. The van der Waals surface area contributed by atoms with Crippen molar-refractivity contribution < 1.29 is 29.9 Å². The van der Waals surface area contributed by atoms with Gasteiger partial charge in [-0.05, 0) is 85.1 Å². The Balaban J connectivity index is 1.35. The van der Waals surface area contributed by atoms with Crippen molar-refractivity contribution in [1.29, 1.82) is 0 Å². The minimum absolute atomic E-state index is 0.448. The van der Waals surface area contributed by atoms with E-state index >= 15 is 0 Å². The molecule has 0 amide bonds. The molecule has 5 unspecified atom stereocenters. The summed E-state index contributed by atoms with van der Waals surface area (Å²) < 4.78 is 11.4. The molecule has 3 aliphatic rings. The summed E-state index contributed by atoms with van der Waals surface area (Å²) in [5.41, 5.74) is 4.48. The van der Waals surface area contributed by atoms with E-state index in [0.717, 1.165) is 11.1 Å². The second-order valence-corrected chi connectivity index (χ2v) is 11.0. The molecule has 2 aromatic rings. The lowest BCUT2D eigenvalue weighted by molar-refractivity contribution is -0.366. The van der Waals surface area contributed by atoms with Gasteiger partial charge in [0.2, 0.25) is 5.79 Å². The van der Waals surface area contributed by atoms with Crippen LogP contribution in [0.1, 0.15) is 66.7 Å². The molecule has 0 bridgehead atoms. The van der Waals surface area contributed by atoms with Crippen molar-refractivity contribution in [2.75, 3.05) is 13.7 Å². The highest BCUT2D eigenvalue weighted by Gasteiger charge is 2.55. The lowest BCUT2D eigenvalue weighted by atomic mass is 9.77. The zero-order valence-electron chi connectivity index (χ0n) is 20.1. The first-order chi connectivity index (χ1) is 16.8. The summed E-state index contributed by atoms with van der Waals surface area (Å²) in [4.78, 5) is 0. The van der Waals surface area contributed by atoms with Crippen molar-refractivity contribution in [3.05, 3.63) is 69.7 Å². The SMILES string of the molecule is COC1(c2ccc(Cl)c(Cc3ccc(C4CCC5(CC4)CC5)cc3)c2)OC(CO)C(O)C(O)C1O. The Hall–Kier alpha value is -1.51. The Morgan fingerprint density at radius 2 is 1.66 bits per heavy atom. The zero-order valence-corrected chi connectivity index (χ0v) is 20.8. The minimum Gasteiger partial charge on any atom is -0.394 e. The molecule has 2 aromatic carbocycles. The van der Waals surface area contributed by atoms with Crippen LogP contribution in [0.5, 0.6) is 0 Å². The molecule has 190 valence electrons. The maximum atomic E-state index is 10.8. The lowest BCUT2D eigenvalue weighted by Crippen LogP contribution is -2.64. The second kappa shape index (κ2) is 9.75. The predicted molar refractivity (Wildman–Crippen MR) is 132 cm³/mol. The summed E-state index contributed by atoms with van der Waals surface area (Å²) in [6, 6.07) is 13.9. The number of hydrogen-bond donors (Lipinski definition) is 4. The summed E-state index contributed by atoms with van der Waals surface area (Å²) >= 11 is 6.53. The quantitative estimate of drug-likeness (QED) is 0.481. The molecule has 3 fully saturated rings. The van der Waals surface area contributed by atoms with Gasteiger partial charge in [0.25, 0.3) is 0 Å². The number of benzene rings is 2. The van der Waals surface area contributed by atoms with Crippen LogP contribution in [0.2, 0.25) is 5.02 Å². The number of halogens is 1. The van der Waals surface area contributed by atoms with Gasteiger partial charge in [-0.3, -0.25) is 0 Å². The Morgan fingerprint density at radius 1 is 0.971 bits per heavy atom. The monoisotopic (exact) mass is 502 g/mol. The molecule has 0 aromatic heterocycles. The van der Waals surface area contributed by atoms with Crippen LogP contribution in [-0.2, 0) is 21.7 Å². The number of methoxy groups -OCH3 is 1. The molecule has 1 spiro atoms. The van der Waals surface area contributed by atoms with E-state index in [1.807, 2.05) is 0 Å². The van der Waals surface area contributed by atoms with E-state index in [4.69, 9.17) is 21.1 Å². The van der Waals surface area contributed by atoms with Gasteiger partial charge in [-0.1, -0.05) is 41.9 Å². The minimum atomic E-state index is -1.75.